The second-order valence-corrected chi connectivity index (χ2v) is 8.72. The van der Waals surface area contributed by atoms with Crippen LogP contribution in [0.15, 0.2) is 58.1 Å². The van der Waals surface area contributed by atoms with Crippen molar-refractivity contribution in [3.63, 3.8) is 0 Å². The van der Waals surface area contributed by atoms with Gasteiger partial charge in [-0.2, -0.15) is 0 Å². The highest BCUT2D eigenvalue weighted by atomic mass is 35.5. The molecule has 0 saturated carbocycles. The van der Waals surface area contributed by atoms with Crippen LogP contribution in [0.4, 0.5) is 20.6 Å². The summed E-state index contributed by atoms with van der Waals surface area (Å²) in [7, 11) is 3.02. The fraction of sp³-hybridized carbons (Fsp3) is 0.125. The number of aryl methyl sites for hydroxylation is 1. The molecular weight excluding hydrogens is 525 g/mol. The highest BCUT2D eigenvalue weighted by Gasteiger charge is 2.13. The number of benzene rings is 2. The van der Waals surface area contributed by atoms with Crippen LogP contribution in [0.2, 0.25) is 4.34 Å². The number of amides is 2. The molecule has 2 aromatic carbocycles. The van der Waals surface area contributed by atoms with Gasteiger partial charge < -0.3 is 30.5 Å². The van der Waals surface area contributed by atoms with E-state index in [1.165, 1.54) is 37.2 Å². The van der Waals surface area contributed by atoms with Gasteiger partial charge in [-0.3, -0.25) is 4.79 Å². The topological polar surface area (TPSA) is 142 Å². The van der Waals surface area contributed by atoms with E-state index in [0.29, 0.717) is 11.4 Å². The van der Waals surface area contributed by atoms with Crippen LogP contribution >= 0.6 is 22.9 Å². The van der Waals surface area contributed by atoms with E-state index >= 15 is 0 Å². The first-order chi connectivity index (χ1) is 17.7. The molecule has 0 bridgehead atoms. The number of carbonyl (C=O) groups excluding carboxylic acids is 3. The molecule has 2 aromatic heterocycles. The zero-order valence-electron chi connectivity index (χ0n) is 20.2. The van der Waals surface area contributed by atoms with Gasteiger partial charge in [0.1, 0.15) is 19.4 Å². The van der Waals surface area contributed by atoms with Crippen molar-refractivity contribution in [2.75, 3.05) is 24.7 Å². The van der Waals surface area contributed by atoms with Gasteiger partial charge in [0, 0.05) is 24.7 Å². The summed E-state index contributed by atoms with van der Waals surface area (Å²) in [5, 5.41) is 7.68. The van der Waals surface area contributed by atoms with Gasteiger partial charge in [-0.25, -0.2) is 18.5 Å². The maximum absolute atomic E-state index is 14.0. The standard InChI is InChI=1S/C17H16FN5O3.C5H5ClS.2CH2O/c1-19-14-8-13-11(7-12(14)18)15(24)23(17(26)22-13)10-5-3-9(4-6-10)21-16(25)20-2;1-4-2-3-5(6)7-4;2*1-2/h3-8,19H,1-2H3,(H,22,26)(H2,20,21,25);2-3H,1H3;2*1H2. The average Bonchev–Trinajstić information content (AvgIpc) is 3.30. The van der Waals surface area contributed by atoms with Crippen molar-refractivity contribution in [1.82, 2.24) is 14.9 Å². The highest BCUT2D eigenvalue weighted by Crippen LogP contribution is 2.20. The summed E-state index contributed by atoms with van der Waals surface area (Å²) in [4.78, 5) is 56.2. The summed E-state index contributed by atoms with van der Waals surface area (Å²) in [5.74, 6) is -0.596. The molecule has 2 heterocycles. The summed E-state index contributed by atoms with van der Waals surface area (Å²) in [6, 6.07) is 12.1. The molecule has 0 fully saturated rings. The molecule has 0 aliphatic carbocycles. The molecule has 0 unspecified atom stereocenters. The van der Waals surface area contributed by atoms with E-state index in [0.717, 1.165) is 15.0 Å². The maximum Gasteiger partial charge on any atom is 0.333 e. The number of hydrogen-bond acceptors (Lipinski definition) is 7. The minimum Gasteiger partial charge on any atom is -0.386 e. The van der Waals surface area contributed by atoms with Crippen LogP contribution in [0.3, 0.4) is 0 Å². The van der Waals surface area contributed by atoms with Gasteiger partial charge in [0.15, 0.2) is 0 Å². The van der Waals surface area contributed by atoms with Crippen LogP contribution in [0, 0.1) is 12.7 Å². The Morgan fingerprint density at radius 2 is 1.65 bits per heavy atom. The molecule has 0 saturated heterocycles. The Bertz CT molecular complexity index is 1430. The zero-order valence-corrected chi connectivity index (χ0v) is 21.8. The molecule has 37 heavy (non-hydrogen) atoms. The van der Waals surface area contributed by atoms with Crippen molar-refractivity contribution in [1.29, 1.82) is 0 Å². The smallest absolute Gasteiger partial charge is 0.333 e. The lowest BCUT2D eigenvalue weighted by Gasteiger charge is -2.10. The number of carbonyl (C=O) groups is 3. The van der Waals surface area contributed by atoms with Gasteiger partial charge in [0.05, 0.1) is 26.6 Å². The third kappa shape index (κ3) is 8.12. The number of thiophene rings is 1. The van der Waals surface area contributed by atoms with Crippen LogP contribution < -0.4 is 27.2 Å². The fourth-order valence-electron chi connectivity index (χ4n) is 2.96. The van der Waals surface area contributed by atoms with Crippen molar-refractivity contribution < 1.29 is 18.8 Å². The quantitative estimate of drug-likeness (QED) is 0.305. The molecule has 0 spiro atoms. The van der Waals surface area contributed by atoms with Gasteiger partial charge in [-0.05, 0) is 55.5 Å². The van der Waals surface area contributed by atoms with Crippen LogP contribution in [0.25, 0.3) is 16.6 Å². The second kappa shape index (κ2) is 15.0. The minimum atomic E-state index is -0.650. The van der Waals surface area contributed by atoms with E-state index in [2.05, 4.69) is 20.9 Å². The number of nitrogens with zero attached hydrogens (tertiary/aromatic N) is 1. The Labute approximate surface area is 220 Å². The lowest BCUT2D eigenvalue weighted by atomic mass is 10.2. The lowest BCUT2D eigenvalue weighted by Crippen LogP contribution is -2.33. The van der Waals surface area contributed by atoms with Crippen LogP contribution in [-0.4, -0.2) is 43.3 Å². The Kier molecular flexibility index (Phi) is 12.4. The van der Waals surface area contributed by atoms with Crippen molar-refractivity contribution >= 4 is 64.8 Å². The SMILES string of the molecule is C=O.C=O.CNC(=O)Nc1ccc(-n2c(=O)[nH]c3cc(NC)c(F)cc3c2=O)cc1.Cc1ccc(Cl)s1. The number of urea groups is 1. The molecular formula is C24H25ClFN5O5S. The van der Waals surface area contributed by atoms with Crippen LogP contribution in [0.5, 0.6) is 0 Å². The number of rotatable bonds is 3. The largest absolute Gasteiger partial charge is 0.386 e. The van der Waals surface area contributed by atoms with Crippen molar-refractivity contribution in [3.8, 4) is 5.69 Å². The molecule has 4 rings (SSSR count). The number of halogens is 2. The Morgan fingerprint density at radius 1 is 1.03 bits per heavy atom. The van der Waals surface area contributed by atoms with Gasteiger partial charge in [0.25, 0.3) is 5.56 Å². The monoisotopic (exact) mass is 549 g/mol. The lowest BCUT2D eigenvalue weighted by molar-refractivity contribution is -0.0987. The first-order valence-electron chi connectivity index (χ1n) is 10.3. The Hall–Kier alpha value is -4.29. The maximum atomic E-state index is 14.0. The van der Waals surface area contributed by atoms with Crippen LogP contribution in [0.1, 0.15) is 4.88 Å². The number of nitrogens with one attached hydrogen (secondary N) is 4. The van der Waals surface area contributed by atoms with E-state index in [9.17, 15) is 18.8 Å². The zero-order chi connectivity index (χ0) is 28.1. The third-order valence-electron chi connectivity index (χ3n) is 4.57. The van der Waals surface area contributed by atoms with E-state index in [-0.39, 0.29) is 16.6 Å². The molecule has 0 atom stereocenters. The highest BCUT2D eigenvalue weighted by molar-refractivity contribution is 7.16. The predicted molar refractivity (Wildman–Crippen MR) is 146 cm³/mol. The molecule has 4 aromatic rings. The number of anilines is 2. The third-order valence-corrected chi connectivity index (χ3v) is 5.72. The molecule has 0 radical (unpaired) electrons. The summed E-state index contributed by atoms with van der Waals surface area (Å²) < 4.78 is 15.8. The second-order valence-electron chi connectivity index (χ2n) is 6.80. The summed E-state index contributed by atoms with van der Waals surface area (Å²) >= 11 is 7.19. The molecule has 0 aliphatic heterocycles. The Balaban J connectivity index is 0.000000525. The van der Waals surface area contributed by atoms with Crippen molar-refractivity contribution in [2.24, 2.45) is 0 Å². The van der Waals surface area contributed by atoms with Gasteiger partial charge in [-0.1, -0.05) is 11.6 Å². The molecule has 196 valence electrons. The summed E-state index contributed by atoms with van der Waals surface area (Å²) in [5.41, 5.74) is -0.0999. The summed E-state index contributed by atoms with van der Waals surface area (Å²) in [6.45, 7) is 6.04. The van der Waals surface area contributed by atoms with E-state index in [4.69, 9.17) is 21.2 Å². The number of hydrogen-bond donors (Lipinski definition) is 4. The number of H-pyrrole nitrogens is 1. The van der Waals surface area contributed by atoms with Crippen molar-refractivity contribution in [2.45, 2.75) is 6.92 Å². The Morgan fingerprint density at radius 3 is 2.11 bits per heavy atom. The number of aromatic amines is 1. The van der Waals surface area contributed by atoms with E-state index in [1.54, 1.807) is 23.5 Å². The van der Waals surface area contributed by atoms with Crippen LogP contribution in [-0.2, 0) is 9.59 Å². The van der Waals surface area contributed by atoms with Gasteiger partial charge in [0.2, 0.25) is 0 Å². The number of aromatic nitrogens is 2. The molecule has 0 aliphatic rings. The van der Waals surface area contributed by atoms with E-state index in [1.807, 2.05) is 32.6 Å². The normalized spacial score (nSPS) is 9.43. The fourth-order valence-corrected chi connectivity index (χ4v) is 3.96. The predicted octanol–water partition coefficient (Wildman–Crippen LogP) is 3.95. The average molecular weight is 550 g/mol. The molecule has 13 heteroatoms. The van der Waals surface area contributed by atoms with E-state index < -0.39 is 23.1 Å². The molecule has 2 amide bonds. The first kappa shape index (κ1) is 30.7. The van der Waals surface area contributed by atoms with Gasteiger partial charge >= 0.3 is 11.7 Å². The van der Waals surface area contributed by atoms with Crippen molar-refractivity contribution in [3.05, 3.63) is 84.4 Å². The molecule has 10 nitrogen and oxygen atoms in total. The first-order valence-corrected chi connectivity index (χ1v) is 11.5. The number of fused-ring (bicyclic) bond motifs is 1. The minimum absolute atomic E-state index is 0.0497. The molecule has 4 N–H and O–H groups in total. The van der Waals surface area contributed by atoms with Gasteiger partial charge in [-0.15, -0.1) is 11.3 Å². The summed E-state index contributed by atoms with van der Waals surface area (Å²) in [6.07, 6.45) is 0.